The molecule has 0 aromatic carbocycles. The molecule has 1 unspecified atom stereocenters. The fraction of sp³-hybridized carbons (Fsp3) is 0.857. The van der Waals surface area contributed by atoms with Gasteiger partial charge < -0.3 is 14.5 Å². The van der Waals surface area contributed by atoms with Crippen molar-refractivity contribution in [3.8, 4) is 0 Å². The smallest absolute Gasteiger partial charge is 0.306 e. The molecule has 20 heavy (non-hydrogen) atoms. The molecule has 2 aliphatic heterocycles. The summed E-state index contributed by atoms with van der Waals surface area (Å²) < 4.78 is 4.64. The van der Waals surface area contributed by atoms with Crippen LogP contribution in [-0.4, -0.2) is 86.5 Å². The van der Waals surface area contributed by atoms with Crippen LogP contribution in [0.15, 0.2) is 0 Å². The molecule has 1 atom stereocenters. The average Bonchev–Trinajstić information content (AvgIpc) is 2.91. The van der Waals surface area contributed by atoms with Gasteiger partial charge in [-0.25, -0.2) is 0 Å². The molecule has 0 radical (unpaired) electrons. The molecule has 1 amide bonds. The second-order valence-electron chi connectivity index (χ2n) is 5.74. The van der Waals surface area contributed by atoms with Crippen molar-refractivity contribution >= 4 is 11.9 Å². The van der Waals surface area contributed by atoms with Gasteiger partial charge in [-0.1, -0.05) is 0 Å². The van der Waals surface area contributed by atoms with Gasteiger partial charge in [-0.15, -0.1) is 0 Å². The van der Waals surface area contributed by atoms with E-state index in [1.165, 1.54) is 7.11 Å². The van der Waals surface area contributed by atoms with Crippen LogP contribution in [-0.2, 0) is 14.3 Å². The summed E-state index contributed by atoms with van der Waals surface area (Å²) in [6.45, 7) is 5.90. The number of rotatable bonds is 4. The Morgan fingerprint density at radius 1 is 1.15 bits per heavy atom. The maximum atomic E-state index is 12.4. The molecule has 0 N–H and O–H groups in total. The van der Waals surface area contributed by atoms with Crippen LogP contribution >= 0.6 is 0 Å². The summed E-state index contributed by atoms with van der Waals surface area (Å²) >= 11 is 0. The molecular weight excluding hydrogens is 258 g/mol. The van der Waals surface area contributed by atoms with Crippen molar-refractivity contribution in [2.75, 3.05) is 60.0 Å². The molecule has 2 fully saturated rings. The third-order valence-electron chi connectivity index (χ3n) is 4.28. The Labute approximate surface area is 120 Å². The average molecular weight is 283 g/mol. The molecule has 0 aromatic rings. The number of nitrogens with zero attached hydrogens (tertiary/aromatic N) is 3. The van der Waals surface area contributed by atoms with Gasteiger partial charge in [0.15, 0.2) is 0 Å². The van der Waals surface area contributed by atoms with E-state index >= 15 is 0 Å². The lowest BCUT2D eigenvalue weighted by Crippen LogP contribution is -2.50. The Morgan fingerprint density at radius 2 is 1.85 bits per heavy atom. The van der Waals surface area contributed by atoms with Crippen LogP contribution in [0.2, 0.25) is 0 Å². The minimum Gasteiger partial charge on any atom is -0.469 e. The molecule has 114 valence electrons. The molecule has 0 aromatic heterocycles. The van der Waals surface area contributed by atoms with Crippen LogP contribution in [0.5, 0.6) is 0 Å². The van der Waals surface area contributed by atoms with E-state index in [1.54, 1.807) is 0 Å². The van der Waals surface area contributed by atoms with Gasteiger partial charge in [0.25, 0.3) is 0 Å². The van der Waals surface area contributed by atoms with Gasteiger partial charge in [-0.05, 0) is 20.0 Å². The van der Waals surface area contributed by atoms with Gasteiger partial charge >= 0.3 is 5.97 Å². The molecule has 0 bridgehead atoms. The Morgan fingerprint density at radius 3 is 2.40 bits per heavy atom. The lowest BCUT2D eigenvalue weighted by atomic mass is 10.1. The Bertz CT molecular complexity index is 354. The monoisotopic (exact) mass is 283 g/mol. The number of ether oxygens (including phenoxy) is 1. The first kappa shape index (κ1) is 15.3. The zero-order valence-corrected chi connectivity index (χ0v) is 12.5. The van der Waals surface area contributed by atoms with Crippen molar-refractivity contribution < 1.29 is 14.3 Å². The van der Waals surface area contributed by atoms with Crippen LogP contribution < -0.4 is 0 Å². The van der Waals surface area contributed by atoms with E-state index in [2.05, 4.69) is 21.6 Å². The minimum absolute atomic E-state index is 0.169. The van der Waals surface area contributed by atoms with Gasteiger partial charge in [0.2, 0.25) is 5.91 Å². The van der Waals surface area contributed by atoms with Crippen molar-refractivity contribution in [1.82, 2.24) is 14.7 Å². The molecule has 6 nitrogen and oxygen atoms in total. The fourth-order valence-corrected chi connectivity index (χ4v) is 2.94. The molecule has 2 aliphatic rings. The number of piperazine rings is 1. The van der Waals surface area contributed by atoms with E-state index < -0.39 is 0 Å². The topological polar surface area (TPSA) is 53.1 Å². The molecular formula is C14H25N3O3. The SMILES string of the molecule is COC(=O)CCN1CCN(C(=O)C2CCN(C)C2)CC1. The first-order chi connectivity index (χ1) is 9.60. The van der Waals surface area contributed by atoms with E-state index in [0.29, 0.717) is 12.3 Å². The number of hydrogen-bond acceptors (Lipinski definition) is 5. The van der Waals surface area contributed by atoms with Crippen LogP contribution in [0.1, 0.15) is 12.8 Å². The van der Waals surface area contributed by atoms with Crippen molar-refractivity contribution in [2.24, 2.45) is 5.92 Å². The Balaban J connectivity index is 1.71. The maximum absolute atomic E-state index is 12.4. The molecule has 0 spiro atoms. The van der Waals surface area contributed by atoms with E-state index in [0.717, 1.165) is 52.2 Å². The molecule has 0 aliphatic carbocycles. The summed E-state index contributed by atoms with van der Waals surface area (Å²) in [5, 5.41) is 0. The molecule has 2 saturated heterocycles. The van der Waals surface area contributed by atoms with Gasteiger partial charge in [-0.3, -0.25) is 14.5 Å². The van der Waals surface area contributed by atoms with Crippen LogP contribution in [0, 0.1) is 5.92 Å². The zero-order valence-electron chi connectivity index (χ0n) is 12.5. The Kier molecular flexibility index (Phi) is 5.37. The maximum Gasteiger partial charge on any atom is 0.306 e. The number of amides is 1. The third-order valence-corrected chi connectivity index (χ3v) is 4.28. The number of carbonyl (C=O) groups is 2. The van der Waals surface area contributed by atoms with Crippen LogP contribution in [0.25, 0.3) is 0 Å². The van der Waals surface area contributed by atoms with Crippen LogP contribution in [0.3, 0.4) is 0 Å². The summed E-state index contributed by atoms with van der Waals surface area (Å²) in [5.74, 6) is 0.320. The summed E-state index contributed by atoms with van der Waals surface area (Å²) in [6.07, 6.45) is 1.41. The number of methoxy groups -OCH3 is 1. The minimum atomic E-state index is -0.169. The summed E-state index contributed by atoms with van der Waals surface area (Å²) in [4.78, 5) is 29.9. The van der Waals surface area contributed by atoms with Crippen molar-refractivity contribution in [3.63, 3.8) is 0 Å². The lowest BCUT2D eigenvalue weighted by Gasteiger charge is -2.35. The molecule has 6 heteroatoms. The highest BCUT2D eigenvalue weighted by Crippen LogP contribution is 2.18. The van der Waals surface area contributed by atoms with E-state index in [9.17, 15) is 9.59 Å². The summed E-state index contributed by atoms with van der Waals surface area (Å²) in [5.41, 5.74) is 0. The summed E-state index contributed by atoms with van der Waals surface area (Å²) in [7, 11) is 3.48. The number of likely N-dealkylation sites (tertiary alicyclic amines) is 1. The number of hydrogen-bond donors (Lipinski definition) is 0. The van der Waals surface area contributed by atoms with Gasteiger partial charge in [0.1, 0.15) is 0 Å². The predicted molar refractivity (Wildman–Crippen MR) is 75.3 cm³/mol. The zero-order chi connectivity index (χ0) is 14.5. The first-order valence-corrected chi connectivity index (χ1v) is 7.36. The Hall–Kier alpha value is -1.14. The van der Waals surface area contributed by atoms with E-state index in [4.69, 9.17) is 0 Å². The highest BCUT2D eigenvalue weighted by molar-refractivity contribution is 5.79. The second-order valence-corrected chi connectivity index (χ2v) is 5.74. The highest BCUT2D eigenvalue weighted by atomic mass is 16.5. The van der Waals surface area contributed by atoms with Crippen molar-refractivity contribution in [3.05, 3.63) is 0 Å². The number of esters is 1. The van der Waals surface area contributed by atoms with Gasteiger partial charge in [0.05, 0.1) is 19.4 Å². The summed E-state index contributed by atoms with van der Waals surface area (Å²) in [6, 6.07) is 0. The third kappa shape index (κ3) is 3.93. The standard InChI is InChI=1S/C14H25N3O3/c1-15-5-3-12(11-15)14(19)17-9-7-16(8-10-17)6-4-13(18)20-2/h12H,3-11H2,1-2H3. The highest BCUT2D eigenvalue weighted by Gasteiger charge is 2.31. The van der Waals surface area contributed by atoms with Gasteiger partial charge in [-0.2, -0.15) is 0 Å². The van der Waals surface area contributed by atoms with E-state index in [-0.39, 0.29) is 11.9 Å². The van der Waals surface area contributed by atoms with Crippen LogP contribution in [0.4, 0.5) is 0 Å². The predicted octanol–water partition coefficient (Wildman–Crippen LogP) is -0.355. The molecule has 2 rings (SSSR count). The normalized spacial score (nSPS) is 24.9. The van der Waals surface area contributed by atoms with Gasteiger partial charge in [0, 0.05) is 39.3 Å². The largest absolute Gasteiger partial charge is 0.469 e. The first-order valence-electron chi connectivity index (χ1n) is 7.36. The fourth-order valence-electron chi connectivity index (χ4n) is 2.94. The molecule has 2 heterocycles. The lowest BCUT2D eigenvalue weighted by molar-refractivity contribution is -0.142. The second kappa shape index (κ2) is 7.04. The van der Waals surface area contributed by atoms with Crippen molar-refractivity contribution in [2.45, 2.75) is 12.8 Å². The molecule has 0 saturated carbocycles. The number of carbonyl (C=O) groups excluding carboxylic acids is 2. The quantitative estimate of drug-likeness (QED) is 0.660. The van der Waals surface area contributed by atoms with Crippen molar-refractivity contribution in [1.29, 1.82) is 0 Å². The van der Waals surface area contributed by atoms with E-state index in [1.807, 2.05) is 4.90 Å².